The smallest absolute Gasteiger partial charge is 0.234 e. The van der Waals surface area contributed by atoms with Crippen molar-refractivity contribution in [2.45, 2.75) is 11.3 Å². The minimum Gasteiger partial charge on any atom is -0.330 e. The summed E-state index contributed by atoms with van der Waals surface area (Å²) >= 11 is 6.21. The Balaban J connectivity index is 1.54. The molecule has 2 N–H and O–H groups in total. The molecule has 0 aliphatic rings. The van der Waals surface area contributed by atoms with Gasteiger partial charge in [0.05, 0.1) is 11.4 Å². The number of benzene rings is 2. The summed E-state index contributed by atoms with van der Waals surface area (Å²) in [6.45, 7) is 2.03. The van der Waals surface area contributed by atoms with Crippen LogP contribution < -0.4 is 10.6 Å². The molecule has 0 saturated carbocycles. The summed E-state index contributed by atoms with van der Waals surface area (Å²) in [5.41, 5.74) is 2.90. The second kappa shape index (κ2) is 8.46. The van der Waals surface area contributed by atoms with Gasteiger partial charge in [0.25, 0.3) is 0 Å². The second-order valence-electron chi connectivity index (χ2n) is 5.13. The van der Waals surface area contributed by atoms with Crippen LogP contribution in [0.4, 0.5) is 16.5 Å². The highest BCUT2D eigenvalue weighted by molar-refractivity contribution is 9.10. The molecule has 0 aliphatic carbocycles. The van der Waals surface area contributed by atoms with Crippen LogP contribution in [0.1, 0.15) is 5.56 Å². The Morgan fingerprint density at radius 1 is 1.12 bits per heavy atom. The number of nitrogens with zero attached hydrogens (tertiary/aromatic N) is 2. The van der Waals surface area contributed by atoms with E-state index >= 15 is 0 Å². The predicted octanol–water partition coefficient (Wildman–Crippen LogP) is 5.08. The topological polar surface area (TPSA) is 66.9 Å². The van der Waals surface area contributed by atoms with Crippen LogP contribution in [0.25, 0.3) is 0 Å². The molecule has 1 heterocycles. The van der Waals surface area contributed by atoms with Crippen LogP contribution in [-0.4, -0.2) is 21.9 Å². The maximum atomic E-state index is 12.1. The van der Waals surface area contributed by atoms with Crippen molar-refractivity contribution in [3.63, 3.8) is 0 Å². The quantitative estimate of drug-likeness (QED) is 0.529. The number of thioether (sulfide) groups is 1. The van der Waals surface area contributed by atoms with Gasteiger partial charge in [-0.1, -0.05) is 53.4 Å². The third-order valence-corrected chi connectivity index (χ3v) is 5.93. The normalized spacial score (nSPS) is 10.5. The average molecular weight is 435 g/mol. The van der Waals surface area contributed by atoms with Crippen LogP contribution in [0.15, 0.2) is 57.3 Å². The largest absolute Gasteiger partial charge is 0.330 e. The van der Waals surface area contributed by atoms with Gasteiger partial charge in [-0.15, -0.1) is 10.2 Å². The molecule has 3 rings (SSSR count). The van der Waals surface area contributed by atoms with Gasteiger partial charge in [0.1, 0.15) is 0 Å². The van der Waals surface area contributed by atoms with E-state index in [1.165, 1.54) is 23.1 Å². The third kappa shape index (κ3) is 5.04. The summed E-state index contributed by atoms with van der Waals surface area (Å²) in [5, 5.41) is 15.1. The van der Waals surface area contributed by atoms with E-state index in [9.17, 15) is 4.79 Å². The molecule has 0 fully saturated rings. The Morgan fingerprint density at radius 2 is 1.84 bits per heavy atom. The van der Waals surface area contributed by atoms with Crippen molar-refractivity contribution in [2.24, 2.45) is 0 Å². The Bertz CT molecular complexity index is 884. The van der Waals surface area contributed by atoms with Gasteiger partial charge in [-0.05, 0) is 46.6 Å². The van der Waals surface area contributed by atoms with E-state index in [4.69, 9.17) is 0 Å². The molecule has 0 saturated heterocycles. The summed E-state index contributed by atoms with van der Waals surface area (Å²) in [6.07, 6.45) is 0. The van der Waals surface area contributed by atoms with Gasteiger partial charge >= 0.3 is 0 Å². The maximum Gasteiger partial charge on any atom is 0.234 e. The van der Waals surface area contributed by atoms with Crippen molar-refractivity contribution >= 4 is 61.4 Å². The van der Waals surface area contributed by atoms with Crippen LogP contribution in [0.3, 0.4) is 0 Å². The molecule has 128 valence electrons. The highest BCUT2D eigenvalue weighted by atomic mass is 79.9. The van der Waals surface area contributed by atoms with E-state index in [0.717, 1.165) is 25.8 Å². The number of hydrogen-bond donors (Lipinski definition) is 2. The van der Waals surface area contributed by atoms with Gasteiger partial charge < -0.3 is 10.6 Å². The molecule has 2 aromatic carbocycles. The number of nitrogens with one attached hydrogen (secondary N) is 2. The van der Waals surface area contributed by atoms with Crippen molar-refractivity contribution in [1.82, 2.24) is 10.2 Å². The average Bonchev–Trinajstić information content (AvgIpc) is 3.05. The van der Waals surface area contributed by atoms with Gasteiger partial charge in [0, 0.05) is 10.2 Å². The van der Waals surface area contributed by atoms with Crippen LogP contribution in [0.5, 0.6) is 0 Å². The Morgan fingerprint density at radius 3 is 2.60 bits per heavy atom. The lowest BCUT2D eigenvalue weighted by Gasteiger charge is -2.06. The van der Waals surface area contributed by atoms with E-state index < -0.39 is 0 Å². The number of carbonyl (C=O) groups excluding carboxylic acids is 1. The summed E-state index contributed by atoms with van der Waals surface area (Å²) < 4.78 is 1.60. The third-order valence-electron chi connectivity index (χ3n) is 3.27. The van der Waals surface area contributed by atoms with Gasteiger partial charge in [0.15, 0.2) is 4.34 Å². The van der Waals surface area contributed by atoms with Crippen molar-refractivity contribution in [3.05, 3.63) is 58.6 Å². The lowest BCUT2D eigenvalue weighted by molar-refractivity contribution is -0.113. The number of carbonyl (C=O) groups is 1. The molecule has 1 aromatic heterocycles. The number of aryl methyl sites for hydroxylation is 1. The number of anilines is 3. The standard InChI is InChI=1S/C17H15BrN4OS2/c1-11-6-2-4-8-13(11)20-16-21-22-17(25-16)24-10-15(23)19-14-9-5-3-7-12(14)18/h2-9H,10H2,1H3,(H,19,23)(H,20,21). The maximum absolute atomic E-state index is 12.1. The molecule has 0 spiro atoms. The van der Waals surface area contributed by atoms with E-state index in [1.807, 2.05) is 55.5 Å². The van der Waals surface area contributed by atoms with Crippen LogP contribution in [-0.2, 0) is 4.79 Å². The number of rotatable bonds is 6. The minimum atomic E-state index is -0.0829. The second-order valence-corrected chi connectivity index (χ2v) is 8.18. The van der Waals surface area contributed by atoms with Crippen molar-refractivity contribution in [1.29, 1.82) is 0 Å². The zero-order valence-electron chi connectivity index (χ0n) is 13.3. The molecule has 3 aromatic rings. The van der Waals surface area contributed by atoms with Crippen LogP contribution in [0.2, 0.25) is 0 Å². The fraction of sp³-hybridized carbons (Fsp3) is 0.118. The Hall–Kier alpha value is -1.90. The summed E-state index contributed by atoms with van der Waals surface area (Å²) in [5.74, 6) is 0.195. The minimum absolute atomic E-state index is 0.0829. The summed E-state index contributed by atoms with van der Waals surface area (Å²) in [6, 6.07) is 15.5. The molecule has 0 atom stereocenters. The summed E-state index contributed by atoms with van der Waals surface area (Å²) in [4.78, 5) is 12.1. The Kier molecular flexibility index (Phi) is 6.06. The van der Waals surface area contributed by atoms with E-state index in [-0.39, 0.29) is 11.7 Å². The van der Waals surface area contributed by atoms with E-state index in [2.05, 4.69) is 36.8 Å². The number of amides is 1. The lowest BCUT2D eigenvalue weighted by atomic mass is 10.2. The van der Waals surface area contributed by atoms with E-state index in [0.29, 0.717) is 5.13 Å². The van der Waals surface area contributed by atoms with Crippen molar-refractivity contribution in [2.75, 3.05) is 16.4 Å². The zero-order valence-corrected chi connectivity index (χ0v) is 16.5. The number of halogens is 1. The number of hydrogen-bond acceptors (Lipinski definition) is 6. The predicted molar refractivity (Wildman–Crippen MR) is 108 cm³/mol. The van der Waals surface area contributed by atoms with Gasteiger partial charge in [-0.25, -0.2) is 0 Å². The first-order chi connectivity index (χ1) is 12.1. The molecule has 0 unspecified atom stereocenters. The van der Waals surface area contributed by atoms with Crippen molar-refractivity contribution in [3.8, 4) is 0 Å². The summed E-state index contributed by atoms with van der Waals surface area (Å²) in [7, 11) is 0. The van der Waals surface area contributed by atoms with Crippen LogP contribution >= 0.6 is 39.0 Å². The molecule has 1 amide bonds. The highest BCUT2D eigenvalue weighted by Crippen LogP contribution is 2.29. The van der Waals surface area contributed by atoms with E-state index in [1.54, 1.807) is 0 Å². The fourth-order valence-corrected chi connectivity index (χ4v) is 3.97. The molecule has 0 radical (unpaired) electrons. The molecular formula is C17H15BrN4OS2. The zero-order chi connectivity index (χ0) is 17.6. The first kappa shape index (κ1) is 17.9. The van der Waals surface area contributed by atoms with Gasteiger partial charge in [0.2, 0.25) is 11.0 Å². The molecule has 5 nitrogen and oxygen atoms in total. The molecule has 0 aliphatic heterocycles. The van der Waals surface area contributed by atoms with Crippen molar-refractivity contribution < 1.29 is 4.79 Å². The number of para-hydroxylation sites is 2. The molecule has 8 heteroatoms. The van der Waals surface area contributed by atoms with Crippen LogP contribution in [0, 0.1) is 6.92 Å². The fourth-order valence-electron chi connectivity index (χ4n) is 2.02. The van der Waals surface area contributed by atoms with Gasteiger partial charge in [-0.3, -0.25) is 4.79 Å². The monoisotopic (exact) mass is 434 g/mol. The highest BCUT2D eigenvalue weighted by Gasteiger charge is 2.10. The molecule has 0 bridgehead atoms. The SMILES string of the molecule is Cc1ccccc1Nc1nnc(SCC(=O)Nc2ccccc2Br)s1. The first-order valence-electron chi connectivity index (χ1n) is 7.45. The molecule has 25 heavy (non-hydrogen) atoms. The Labute approximate surface area is 162 Å². The van der Waals surface area contributed by atoms with Gasteiger partial charge in [-0.2, -0.15) is 0 Å². The number of aromatic nitrogens is 2. The first-order valence-corrected chi connectivity index (χ1v) is 10.0. The lowest BCUT2D eigenvalue weighted by Crippen LogP contribution is -2.14. The molecular weight excluding hydrogens is 420 g/mol.